The van der Waals surface area contributed by atoms with Crippen molar-refractivity contribution >= 4 is 17.0 Å². The third kappa shape index (κ3) is 1.74. The molecule has 0 amide bonds. The summed E-state index contributed by atoms with van der Waals surface area (Å²) >= 11 is 0. The lowest BCUT2D eigenvalue weighted by atomic mass is 10.1. The predicted molar refractivity (Wildman–Crippen MR) is 68.4 cm³/mol. The van der Waals surface area contributed by atoms with Gasteiger partial charge in [-0.2, -0.15) is 4.68 Å². The Bertz CT molecular complexity index is 779. The van der Waals surface area contributed by atoms with Crippen LogP contribution in [0.4, 0.5) is 0 Å². The number of aromatic nitrogens is 4. The highest BCUT2D eigenvalue weighted by Gasteiger charge is 2.18. The van der Waals surface area contributed by atoms with Gasteiger partial charge in [0.2, 0.25) is 0 Å². The van der Waals surface area contributed by atoms with Gasteiger partial charge in [-0.3, -0.25) is 0 Å². The molecule has 0 atom stereocenters. The Labute approximate surface area is 108 Å². The maximum atomic E-state index is 11.4. The van der Waals surface area contributed by atoms with Crippen LogP contribution >= 0.6 is 0 Å². The van der Waals surface area contributed by atoms with Crippen LogP contribution in [-0.2, 0) is 0 Å². The highest BCUT2D eigenvalue weighted by atomic mass is 16.4. The molecule has 6 heteroatoms. The van der Waals surface area contributed by atoms with Crippen LogP contribution in [0.1, 0.15) is 15.9 Å². The molecule has 0 fully saturated rings. The monoisotopic (exact) mass is 254 g/mol. The molecule has 6 nitrogen and oxygen atoms in total. The van der Waals surface area contributed by atoms with E-state index in [4.69, 9.17) is 0 Å². The van der Waals surface area contributed by atoms with Crippen molar-refractivity contribution in [2.75, 3.05) is 0 Å². The van der Waals surface area contributed by atoms with Gasteiger partial charge in [0, 0.05) is 6.20 Å². The van der Waals surface area contributed by atoms with Gasteiger partial charge in [0.25, 0.3) is 0 Å². The number of aryl methyl sites for hydroxylation is 1. The van der Waals surface area contributed by atoms with Crippen molar-refractivity contribution < 1.29 is 9.90 Å². The van der Waals surface area contributed by atoms with E-state index in [9.17, 15) is 9.90 Å². The summed E-state index contributed by atoms with van der Waals surface area (Å²) in [5.41, 5.74) is 2.19. The molecule has 3 rings (SSSR count). The molecule has 19 heavy (non-hydrogen) atoms. The van der Waals surface area contributed by atoms with Crippen LogP contribution in [0.3, 0.4) is 0 Å². The lowest BCUT2D eigenvalue weighted by molar-refractivity contribution is 0.0695. The fraction of sp³-hybridized carbons (Fsp3) is 0.0769. The molecule has 0 aliphatic heterocycles. The molecule has 0 aliphatic rings. The number of carbonyl (C=O) groups is 1. The number of carboxylic acids is 1. The Morgan fingerprint density at radius 2 is 2.05 bits per heavy atom. The third-order valence-electron chi connectivity index (χ3n) is 2.91. The van der Waals surface area contributed by atoms with E-state index in [-0.39, 0.29) is 11.4 Å². The van der Waals surface area contributed by atoms with Gasteiger partial charge in [0.05, 0.1) is 5.52 Å². The second kappa shape index (κ2) is 4.16. The van der Waals surface area contributed by atoms with E-state index < -0.39 is 5.97 Å². The molecule has 0 unspecified atom stereocenters. The Morgan fingerprint density at radius 1 is 1.26 bits per heavy atom. The average molecular weight is 254 g/mol. The van der Waals surface area contributed by atoms with Gasteiger partial charge in [-0.1, -0.05) is 17.3 Å². The first kappa shape index (κ1) is 11.3. The van der Waals surface area contributed by atoms with Gasteiger partial charge in [-0.15, -0.1) is 5.10 Å². The number of para-hydroxylation sites is 1. The van der Waals surface area contributed by atoms with Crippen LogP contribution in [0.25, 0.3) is 16.9 Å². The number of fused-ring (bicyclic) bond motifs is 1. The Morgan fingerprint density at radius 3 is 2.84 bits per heavy atom. The van der Waals surface area contributed by atoms with Crippen LogP contribution in [0.15, 0.2) is 36.5 Å². The Balaban J connectivity index is 2.33. The first-order chi connectivity index (χ1) is 9.18. The van der Waals surface area contributed by atoms with Crippen molar-refractivity contribution in [2.45, 2.75) is 6.92 Å². The van der Waals surface area contributed by atoms with Crippen molar-refractivity contribution in [3.63, 3.8) is 0 Å². The molecule has 0 saturated carbocycles. The molecule has 1 N–H and O–H groups in total. The lowest BCUT2D eigenvalue weighted by Gasteiger charge is -2.07. The number of hydrogen-bond acceptors (Lipinski definition) is 4. The van der Waals surface area contributed by atoms with Crippen LogP contribution < -0.4 is 0 Å². The summed E-state index contributed by atoms with van der Waals surface area (Å²) in [5, 5.41) is 17.3. The summed E-state index contributed by atoms with van der Waals surface area (Å²) in [6.07, 6.45) is 1.56. The SMILES string of the molecule is Cc1ccnc(-n2nnc3ccccc32)c1C(=O)O. The summed E-state index contributed by atoms with van der Waals surface area (Å²) in [5.74, 6) is -0.749. The summed E-state index contributed by atoms with van der Waals surface area (Å²) in [6.45, 7) is 1.73. The van der Waals surface area contributed by atoms with Crippen LogP contribution in [0.5, 0.6) is 0 Å². The number of pyridine rings is 1. The predicted octanol–water partition coefficient (Wildman–Crippen LogP) is 1.82. The quantitative estimate of drug-likeness (QED) is 0.754. The van der Waals surface area contributed by atoms with E-state index in [1.807, 2.05) is 24.3 Å². The standard InChI is InChI=1S/C13H10N4O2/c1-8-6-7-14-12(11(8)13(18)19)17-10-5-3-2-4-9(10)15-16-17/h2-7H,1H3,(H,18,19). The minimum absolute atomic E-state index is 0.137. The lowest BCUT2D eigenvalue weighted by Crippen LogP contribution is -2.10. The molecular weight excluding hydrogens is 244 g/mol. The topological polar surface area (TPSA) is 80.9 Å². The summed E-state index contributed by atoms with van der Waals surface area (Å²) < 4.78 is 1.45. The smallest absolute Gasteiger partial charge is 0.339 e. The van der Waals surface area contributed by atoms with Crippen molar-refractivity contribution in [1.82, 2.24) is 20.0 Å². The number of aromatic carboxylic acids is 1. The molecule has 0 radical (unpaired) electrons. The van der Waals surface area contributed by atoms with Gasteiger partial charge in [-0.25, -0.2) is 9.78 Å². The largest absolute Gasteiger partial charge is 0.478 e. The van der Waals surface area contributed by atoms with Gasteiger partial charge in [0.1, 0.15) is 11.1 Å². The zero-order valence-electron chi connectivity index (χ0n) is 10.1. The molecule has 1 aromatic carbocycles. The zero-order chi connectivity index (χ0) is 13.4. The van der Waals surface area contributed by atoms with Crippen molar-refractivity contribution in [2.24, 2.45) is 0 Å². The number of carboxylic acid groups (broad SMARTS) is 1. The number of benzene rings is 1. The minimum atomic E-state index is -1.03. The van der Waals surface area contributed by atoms with Gasteiger partial charge in [-0.05, 0) is 30.7 Å². The molecule has 0 bridgehead atoms. The zero-order valence-corrected chi connectivity index (χ0v) is 10.1. The van der Waals surface area contributed by atoms with Gasteiger partial charge in [0.15, 0.2) is 5.82 Å². The van der Waals surface area contributed by atoms with E-state index in [1.165, 1.54) is 4.68 Å². The van der Waals surface area contributed by atoms with Crippen molar-refractivity contribution in [3.8, 4) is 5.82 Å². The summed E-state index contributed by atoms with van der Waals surface area (Å²) in [4.78, 5) is 15.5. The van der Waals surface area contributed by atoms with Gasteiger partial charge >= 0.3 is 5.97 Å². The Kier molecular flexibility index (Phi) is 2.49. The van der Waals surface area contributed by atoms with E-state index in [2.05, 4.69) is 15.3 Å². The van der Waals surface area contributed by atoms with E-state index in [1.54, 1.807) is 19.2 Å². The van der Waals surface area contributed by atoms with Crippen LogP contribution in [-0.4, -0.2) is 31.1 Å². The molecule has 94 valence electrons. The second-order valence-corrected chi connectivity index (χ2v) is 4.12. The maximum absolute atomic E-state index is 11.4. The van der Waals surface area contributed by atoms with Crippen LogP contribution in [0, 0.1) is 6.92 Å². The maximum Gasteiger partial charge on any atom is 0.339 e. The third-order valence-corrected chi connectivity index (χ3v) is 2.91. The van der Waals surface area contributed by atoms with Gasteiger partial charge < -0.3 is 5.11 Å². The highest BCUT2D eigenvalue weighted by Crippen LogP contribution is 2.19. The van der Waals surface area contributed by atoms with E-state index in [0.29, 0.717) is 11.1 Å². The fourth-order valence-corrected chi connectivity index (χ4v) is 1.99. The van der Waals surface area contributed by atoms with E-state index >= 15 is 0 Å². The molecule has 0 spiro atoms. The number of nitrogens with zero attached hydrogens (tertiary/aromatic N) is 4. The normalized spacial score (nSPS) is 10.8. The second-order valence-electron chi connectivity index (χ2n) is 4.12. The highest BCUT2D eigenvalue weighted by molar-refractivity contribution is 5.93. The summed E-state index contributed by atoms with van der Waals surface area (Å²) in [6, 6.07) is 8.99. The molecule has 0 aliphatic carbocycles. The first-order valence-electron chi connectivity index (χ1n) is 5.68. The number of hydrogen-bond donors (Lipinski definition) is 1. The van der Waals surface area contributed by atoms with E-state index in [0.717, 1.165) is 5.52 Å². The first-order valence-corrected chi connectivity index (χ1v) is 5.68. The minimum Gasteiger partial charge on any atom is -0.478 e. The van der Waals surface area contributed by atoms with Crippen LogP contribution in [0.2, 0.25) is 0 Å². The fourth-order valence-electron chi connectivity index (χ4n) is 1.99. The average Bonchev–Trinajstić information content (AvgIpc) is 2.81. The molecule has 2 aromatic heterocycles. The Hall–Kier alpha value is -2.76. The van der Waals surface area contributed by atoms with Crippen molar-refractivity contribution in [1.29, 1.82) is 0 Å². The number of rotatable bonds is 2. The van der Waals surface area contributed by atoms with Crippen molar-refractivity contribution in [3.05, 3.63) is 47.7 Å². The molecular formula is C13H10N4O2. The molecule has 3 aromatic rings. The molecule has 2 heterocycles. The molecule has 0 saturated heterocycles. The summed E-state index contributed by atoms with van der Waals surface area (Å²) in [7, 11) is 0.